The molecule has 0 radical (unpaired) electrons. The molecule has 0 saturated heterocycles. The first-order valence-corrected chi connectivity index (χ1v) is 4.33. The highest BCUT2D eigenvalue weighted by Crippen LogP contribution is 1.57. The molecule has 0 fully saturated rings. The molecule has 0 aromatic heterocycles. The second kappa shape index (κ2) is 22.6. The third-order valence-corrected chi connectivity index (χ3v) is 0.426. The van der Waals surface area contributed by atoms with Crippen LogP contribution in [0.2, 0.25) is 0 Å². The lowest BCUT2D eigenvalue weighted by molar-refractivity contribution is -0.116. The van der Waals surface area contributed by atoms with E-state index in [-0.39, 0.29) is 7.21 Å². The Morgan fingerprint density at radius 3 is 1.64 bits per heavy atom. The van der Waals surface area contributed by atoms with Gasteiger partial charge in [-0.1, -0.05) is 34.1 Å². The third-order valence-electron chi connectivity index (χ3n) is 0.426. The van der Waals surface area contributed by atoms with Crippen LogP contribution in [0, 0.1) is 0 Å². The van der Waals surface area contributed by atoms with Crippen LogP contribution in [0.4, 0.5) is 0 Å². The number of likely N-dealkylation sites (N-methyl/N-ethyl adjacent to an activating group) is 1. The molecule has 0 spiro atoms. The Morgan fingerprint density at radius 2 is 1.64 bits per heavy atom. The number of Topliss-reactive ketones (excluding diaryl/α,β-unsaturated/α-hetero) is 1. The van der Waals surface area contributed by atoms with E-state index in [2.05, 4.69) is 19.2 Å². The van der Waals surface area contributed by atoms with Gasteiger partial charge in [0.25, 0.3) is 0 Å². The summed E-state index contributed by atoms with van der Waals surface area (Å²) >= 11 is 0. The molecular weight excluding hydrogens is 138 g/mol. The van der Waals surface area contributed by atoms with E-state index in [4.69, 9.17) is 0 Å². The van der Waals surface area contributed by atoms with Gasteiger partial charge in [0.15, 0.2) is 0 Å². The second-order valence-electron chi connectivity index (χ2n) is 1.94. The van der Waals surface area contributed by atoms with Gasteiger partial charge in [-0.2, -0.15) is 0 Å². The molecule has 72 valence electrons. The molecule has 2 heteroatoms. The SMILES string of the molecule is CC.CCC.CNCC(C)=O.[HH]. The maximum Gasteiger partial charge on any atom is 0.143 e. The molecule has 0 unspecified atom stereocenters. The molecular formula is C9H25NO. The van der Waals surface area contributed by atoms with Crippen LogP contribution in [-0.4, -0.2) is 19.4 Å². The number of hydrogen-bond acceptors (Lipinski definition) is 2. The molecule has 1 N–H and O–H groups in total. The maximum absolute atomic E-state index is 9.98. The summed E-state index contributed by atoms with van der Waals surface area (Å²) in [5.41, 5.74) is 0. The molecule has 2 nitrogen and oxygen atoms in total. The molecule has 0 aromatic rings. The largest absolute Gasteiger partial charge is 0.313 e. The summed E-state index contributed by atoms with van der Waals surface area (Å²) in [6.45, 7) is 10.3. The van der Waals surface area contributed by atoms with E-state index in [1.807, 2.05) is 13.8 Å². The summed E-state index contributed by atoms with van der Waals surface area (Å²) in [6.07, 6.45) is 1.25. The van der Waals surface area contributed by atoms with Gasteiger partial charge in [-0.15, -0.1) is 0 Å². The first-order chi connectivity index (χ1) is 5.18. The molecule has 0 rings (SSSR count). The summed E-state index contributed by atoms with van der Waals surface area (Å²) in [7, 11) is 1.75. The number of nitrogens with one attached hydrogen (secondary N) is 1. The summed E-state index contributed by atoms with van der Waals surface area (Å²) in [5, 5.41) is 2.72. The molecule has 0 heterocycles. The first kappa shape index (κ1) is 16.9. The number of ketones is 1. The highest BCUT2D eigenvalue weighted by Gasteiger charge is 1.82. The van der Waals surface area contributed by atoms with Crippen LogP contribution >= 0.6 is 0 Å². The van der Waals surface area contributed by atoms with Gasteiger partial charge >= 0.3 is 0 Å². The van der Waals surface area contributed by atoms with Gasteiger partial charge in [-0.05, 0) is 14.0 Å². The molecule has 0 bridgehead atoms. The third kappa shape index (κ3) is 81.1. The molecule has 0 aromatic carbocycles. The predicted molar refractivity (Wildman–Crippen MR) is 54.0 cm³/mol. The van der Waals surface area contributed by atoms with Crippen molar-refractivity contribution in [1.29, 1.82) is 0 Å². The van der Waals surface area contributed by atoms with E-state index in [1.54, 1.807) is 14.0 Å². The minimum atomic E-state index is 0. The average Bonchev–Trinajstić information content (AvgIpc) is 1.93. The van der Waals surface area contributed by atoms with Crippen LogP contribution in [0.25, 0.3) is 0 Å². The summed E-state index contributed by atoms with van der Waals surface area (Å²) in [5.74, 6) is 0.178. The van der Waals surface area contributed by atoms with Gasteiger partial charge in [0.1, 0.15) is 5.78 Å². The highest BCUT2D eigenvalue weighted by atomic mass is 16.1. The Bertz CT molecular complexity index is 67.5. The van der Waals surface area contributed by atoms with Gasteiger partial charge in [-0.25, -0.2) is 0 Å². The van der Waals surface area contributed by atoms with Crippen LogP contribution in [0.1, 0.15) is 42.5 Å². The van der Waals surface area contributed by atoms with Crippen molar-refractivity contribution in [2.45, 2.75) is 41.0 Å². The lowest BCUT2D eigenvalue weighted by Crippen LogP contribution is -2.14. The Hall–Kier alpha value is -0.370. The Kier molecular flexibility index (Phi) is 34.8. The lowest BCUT2D eigenvalue weighted by Gasteiger charge is -1.85. The fourth-order valence-electron chi connectivity index (χ4n) is 0.249. The topological polar surface area (TPSA) is 29.1 Å². The maximum atomic E-state index is 9.98. The van der Waals surface area contributed by atoms with E-state index < -0.39 is 0 Å². The Labute approximate surface area is 72.9 Å². The van der Waals surface area contributed by atoms with Crippen molar-refractivity contribution in [3.63, 3.8) is 0 Å². The van der Waals surface area contributed by atoms with Gasteiger partial charge in [0.2, 0.25) is 0 Å². The predicted octanol–water partition coefficient (Wildman–Crippen LogP) is 2.48. The quantitative estimate of drug-likeness (QED) is 0.677. The van der Waals surface area contributed by atoms with Crippen molar-refractivity contribution in [3.05, 3.63) is 0 Å². The molecule has 0 aliphatic heterocycles. The lowest BCUT2D eigenvalue weighted by atomic mass is 10.5. The number of carbonyl (C=O) groups excluding carboxylic acids is 1. The van der Waals surface area contributed by atoms with Gasteiger partial charge in [0, 0.05) is 1.43 Å². The van der Waals surface area contributed by atoms with Gasteiger partial charge < -0.3 is 5.32 Å². The molecule has 0 saturated carbocycles. The van der Waals surface area contributed by atoms with Crippen molar-refractivity contribution in [2.75, 3.05) is 13.6 Å². The smallest absolute Gasteiger partial charge is 0.143 e. The minimum Gasteiger partial charge on any atom is -0.313 e. The Morgan fingerprint density at radius 1 is 1.36 bits per heavy atom. The van der Waals surface area contributed by atoms with Crippen LogP contribution in [0.15, 0.2) is 0 Å². The van der Waals surface area contributed by atoms with E-state index >= 15 is 0 Å². The van der Waals surface area contributed by atoms with Crippen molar-refractivity contribution in [3.8, 4) is 0 Å². The van der Waals surface area contributed by atoms with E-state index in [1.165, 1.54) is 6.42 Å². The molecule has 11 heavy (non-hydrogen) atoms. The average molecular weight is 163 g/mol. The van der Waals surface area contributed by atoms with E-state index in [9.17, 15) is 4.79 Å². The van der Waals surface area contributed by atoms with Crippen molar-refractivity contribution in [1.82, 2.24) is 5.32 Å². The highest BCUT2D eigenvalue weighted by molar-refractivity contribution is 5.77. The Balaban J connectivity index is -0.0000000462. The molecule has 0 aliphatic rings. The minimum absolute atomic E-state index is 0. The van der Waals surface area contributed by atoms with E-state index in [0.717, 1.165) is 0 Å². The standard InChI is InChI=1S/C4H9NO.C3H8.C2H6.H2/c1-4(6)3-5-2;1-3-2;1-2;/h5H,3H2,1-2H3;3H2,1-2H3;1-2H3;1H. The van der Waals surface area contributed by atoms with Crippen molar-refractivity contribution >= 4 is 5.78 Å². The monoisotopic (exact) mass is 163 g/mol. The van der Waals surface area contributed by atoms with Crippen molar-refractivity contribution in [2.24, 2.45) is 0 Å². The molecule has 0 atom stereocenters. The molecule has 0 amide bonds. The van der Waals surface area contributed by atoms with Crippen molar-refractivity contribution < 1.29 is 6.22 Å². The fourth-order valence-corrected chi connectivity index (χ4v) is 0.249. The van der Waals surface area contributed by atoms with Crippen LogP contribution in [0.3, 0.4) is 0 Å². The summed E-state index contributed by atoms with van der Waals surface area (Å²) in [4.78, 5) is 9.98. The summed E-state index contributed by atoms with van der Waals surface area (Å²) in [6, 6.07) is 0. The molecule has 0 aliphatic carbocycles. The van der Waals surface area contributed by atoms with Crippen LogP contribution in [0.5, 0.6) is 0 Å². The zero-order chi connectivity index (χ0) is 9.70. The first-order valence-electron chi connectivity index (χ1n) is 4.33. The van der Waals surface area contributed by atoms with Crippen LogP contribution in [-0.2, 0) is 4.79 Å². The fraction of sp³-hybridized carbons (Fsp3) is 0.889. The number of hydrogen-bond donors (Lipinski definition) is 1. The van der Waals surface area contributed by atoms with Crippen LogP contribution < -0.4 is 5.32 Å². The second-order valence-corrected chi connectivity index (χ2v) is 1.94. The van der Waals surface area contributed by atoms with Gasteiger partial charge in [0.05, 0.1) is 6.54 Å². The van der Waals surface area contributed by atoms with E-state index in [0.29, 0.717) is 6.54 Å². The summed E-state index contributed by atoms with van der Waals surface area (Å²) < 4.78 is 0. The number of carbonyl (C=O) groups is 1. The zero-order valence-corrected chi connectivity index (χ0v) is 8.82. The normalized spacial score (nSPS) is 6.73. The number of rotatable bonds is 2. The van der Waals surface area contributed by atoms with Gasteiger partial charge in [-0.3, -0.25) is 4.79 Å². The zero-order valence-electron chi connectivity index (χ0n) is 8.82.